The number of amides is 10. The van der Waals surface area contributed by atoms with Crippen molar-refractivity contribution in [2.24, 2.45) is 23.3 Å². The number of imidazole rings is 1. The zero-order valence-corrected chi connectivity index (χ0v) is 51.5. The second-order valence-corrected chi connectivity index (χ2v) is 23.1. The number of rotatable bonds is 40. The molecule has 1 aromatic heterocycles. The number of aromatic nitrogens is 2. The minimum Gasteiger partial charge on any atom is -0.481 e. The van der Waals surface area contributed by atoms with Gasteiger partial charge in [-0.2, -0.15) is 0 Å². The van der Waals surface area contributed by atoms with Crippen molar-refractivity contribution in [2.75, 3.05) is 19.6 Å². The van der Waals surface area contributed by atoms with E-state index >= 15 is 0 Å². The van der Waals surface area contributed by atoms with Crippen LogP contribution in [0.2, 0.25) is 0 Å². The summed E-state index contributed by atoms with van der Waals surface area (Å²) in [6, 6.07) is -6.18. The average Bonchev–Trinajstić information content (AvgIpc) is 1.93. The van der Waals surface area contributed by atoms with E-state index in [9.17, 15) is 87.9 Å². The number of hydrogen-bond donors (Lipinski definition) is 17. The number of nitrogens with one attached hydrogen (secondary N) is 10. The number of aliphatic hydroxyl groups is 2. The molecule has 10 amide bonds. The van der Waals surface area contributed by atoms with Crippen molar-refractivity contribution in [3.8, 4) is 0 Å². The predicted octanol–water partition coefficient (Wildman–Crippen LogP) is -3.70. The maximum Gasteiger partial charge on any atom is 0.326 e. The molecule has 1 aliphatic heterocycles. The predicted molar refractivity (Wildman–Crippen MR) is 320 cm³/mol. The van der Waals surface area contributed by atoms with Crippen LogP contribution >= 0.6 is 0 Å². The van der Waals surface area contributed by atoms with Gasteiger partial charge in [0.05, 0.1) is 31.1 Å². The molecule has 0 unspecified atom stereocenters. The fourth-order valence-electron chi connectivity index (χ4n) is 9.71. The lowest BCUT2D eigenvalue weighted by Gasteiger charge is -2.30. The highest BCUT2D eigenvalue weighted by atomic mass is 16.4. The Morgan fingerprint density at radius 2 is 1.13 bits per heavy atom. The number of hydrogen-bond acceptors (Lipinski definition) is 18. The van der Waals surface area contributed by atoms with Gasteiger partial charge in [0.1, 0.15) is 54.4 Å². The number of carbonyl (C=O) groups is 13. The van der Waals surface area contributed by atoms with Crippen LogP contribution in [0.4, 0.5) is 0 Å². The molecule has 32 heteroatoms. The minimum absolute atomic E-state index is 0.00444. The molecular weight excluding hydrogens is 1180 g/mol. The van der Waals surface area contributed by atoms with Gasteiger partial charge in [-0.1, -0.05) is 58.0 Å². The first-order valence-corrected chi connectivity index (χ1v) is 29.9. The van der Waals surface area contributed by atoms with E-state index in [1.807, 2.05) is 13.8 Å². The van der Waals surface area contributed by atoms with Crippen molar-refractivity contribution < 1.29 is 87.9 Å². The summed E-state index contributed by atoms with van der Waals surface area (Å²) in [5.41, 5.74) is 12.6. The summed E-state index contributed by atoms with van der Waals surface area (Å²) in [5.74, 6) is -14.0. The van der Waals surface area contributed by atoms with E-state index in [2.05, 4.69) is 57.8 Å². The number of benzene rings is 1. The number of nitrogens with zero attached hydrogens (tertiary/aromatic N) is 2. The van der Waals surface area contributed by atoms with Gasteiger partial charge in [0.2, 0.25) is 59.1 Å². The van der Waals surface area contributed by atoms with Crippen molar-refractivity contribution in [2.45, 2.75) is 198 Å². The number of aliphatic carboxylic acids is 3. The van der Waals surface area contributed by atoms with Crippen LogP contribution in [-0.2, 0) is 75.2 Å². The molecule has 12 atom stereocenters. The first-order valence-electron chi connectivity index (χ1n) is 29.9. The molecule has 2 heterocycles. The average molecular weight is 1270 g/mol. The third kappa shape index (κ3) is 26.2. The van der Waals surface area contributed by atoms with Gasteiger partial charge in [0.25, 0.3) is 0 Å². The molecule has 0 radical (unpaired) electrons. The summed E-state index contributed by atoms with van der Waals surface area (Å²) < 4.78 is 0. The number of H-pyrrole nitrogens is 1. The van der Waals surface area contributed by atoms with E-state index in [-0.39, 0.29) is 63.5 Å². The molecule has 0 spiro atoms. The summed E-state index contributed by atoms with van der Waals surface area (Å²) in [7, 11) is 0. The van der Waals surface area contributed by atoms with Crippen LogP contribution in [0.25, 0.3) is 0 Å². The zero-order valence-electron chi connectivity index (χ0n) is 51.5. The molecule has 2 aromatic rings. The number of carbonyl (C=O) groups excluding carboxylic acids is 10. The standard InChI is InChI=1S/C58H90N14O18/c1-30(2)23-36(60)49(80)68-41(25-34-13-8-7-9-14-34)53(84)70-47(32(5)73)55(86)62-28-44(75)64-42(26-35-27-61-29-63-35)57(88)72-22-12-16-43(72)54(85)66-38(18-20-46(78)79)51(82)71-48(33(6)74)56(87)69-40(24-31(3)4)52(83)65-37(17-19-45(76)77)50(81)67-39(58(89)90)15-10-11-21-59/h7-9,13-14,27,29-33,36-43,47-48,73-74H,10-12,15-26,28,59-60H2,1-6H3,(H,61,63)(H,62,86)(H,64,75)(H,65,83)(H,66,85)(H,67,81)(H,68,80)(H,69,87)(H,70,84)(H,71,82)(H,76,77)(H,78,79)(H,89,90)/t32-,33-,36+,37+,38+,39+,40+,41+,42+,43+,47+,48+/m1/s1. The Morgan fingerprint density at radius 3 is 1.68 bits per heavy atom. The van der Waals surface area contributed by atoms with Gasteiger partial charge in [-0.05, 0) is 95.6 Å². The second-order valence-electron chi connectivity index (χ2n) is 23.1. The summed E-state index contributed by atoms with van der Waals surface area (Å²) in [5, 5.41) is 72.1. The van der Waals surface area contributed by atoms with Gasteiger partial charge in [-0.3, -0.25) is 57.5 Å². The maximum atomic E-state index is 14.5. The SMILES string of the molecule is CC(C)C[C@H](NC(=O)[C@@H](NC(=O)[C@H](CCC(=O)O)NC(=O)[C@@H]1CCCN1C(=O)[C@H](Cc1cnc[nH]1)NC(=O)CNC(=O)[C@@H](NC(=O)[C@H](Cc1ccccc1)NC(=O)[C@@H](N)CC(C)C)[C@@H](C)O)[C@@H](C)O)C(=O)N[C@@H](CCC(=O)O)C(=O)N[C@@H](CCCCN)C(=O)O. The largest absolute Gasteiger partial charge is 0.481 e. The summed E-state index contributed by atoms with van der Waals surface area (Å²) in [6.07, 6.45) is -2.13. The fourth-order valence-corrected chi connectivity index (χ4v) is 9.71. The highest BCUT2D eigenvalue weighted by molar-refractivity contribution is 5.99. The lowest BCUT2D eigenvalue weighted by Crippen LogP contribution is -2.62. The Balaban J connectivity index is 1.81. The Labute approximate surface area is 520 Å². The van der Waals surface area contributed by atoms with Crippen LogP contribution in [0.5, 0.6) is 0 Å². The van der Waals surface area contributed by atoms with Gasteiger partial charge < -0.3 is 94.7 Å². The van der Waals surface area contributed by atoms with E-state index in [0.717, 1.165) is 11.8 Å². The highest BCUT2D eigenvalue weighted by Gasteiger charge is 2.41. The van der Waals surface area contributed by atoms with Gasteiger partial charge in [0, 0.05) is 44.1 Å². The number of nitrogens with two attached hydrogens (primary N) is 2. The quantitative estimate of drug-likeness (QED) is 0.0286. The van der Waals surface area contributed by atoms with Crippen LogP contribution < -0.4 is 59.3 Å². The summed E-state index contributed by atoms with van der Waals surface area (Å²) in [4.78, 5) is 181. The normalized spacial score (nSPS) is 16.6. The third-order valence-corrected chi connectivity index (χ3v) is 14.4. The second kappa shape index (κ2) is 38.0. The monoisotopic (exact) mass is 1270 g/mol. The van der Waals surface area contributed by atoms with E-state index in [0.29, 0.717) is 30.5 Å². The minimum atomic E-state index is -1.89. The van der Waals surface area contributed by atoms with Crippen molar-refractivity contribution in [1.29, 1.82) is 0 Å². The van der Waals surface area contributed by atoms with E-state index in [4.69, 9.17) is 11.5 Å². The van der Waals surface area contributed by atoms with Crippen LogP contribution in [0, 0.1) is 11.8 Å². The smallest absolute Gasteiger partial charge is 0.326 e. The van der Waals surface area contributed by atoms with E-state index < -0.39 is 182 Å². The number of aromatic amines is 1. The fraction of sp³-hybridized carbons (Fsp3) is 0.621. The van der Waals surface area contributed by atoms with Gasteiger partial charge in [-0.25, -0.2) is 9.78 Å². The summed E-state index contributed by atoms with van der Waals surface area (Å²) in [6.45, 7) is 8.78. The molecule has 1 aromatic carbocycles. The van der Waals surface area contributed by atoms with Gasteiger partial charge in [0.15, 0.2) is 0 Å². The van der Waals surface area contributed by atoms with E-state index in [1.54, 1.807) is 44.2 Å². The molecular formula is C58H90N14O18. The Bertz CT molecular complexity index is 2750. The van der Waals surface area contributed by atoms with Crippen molar-refractivity contribution in [3.63, 3.8) is 0 Å². The van der Waals surface area contributed by atoms with Crippen molar-refractivity contribution in [1.82, 2.24) is 62.7 Å². The Morgan fingerprint density at radius 1 is 0.600 bits per heavy atom. The molecule has 0 bridgehead atoms. The molecule has 1 fully saturated rings. The Hall–Kier alpha value is -8.62. The molecule has 32 nitrogen and oxygen atoms in total. The van der Waals surface area contributed by atoms with Crippen molar-refractivity contribution in [3.05, 3.63) is 54.1 Å². The third-order valence-electron chi connectivity index (χ3n) is 14.4. The van der Waals surface area contributed by atoms with E-state index in [1.165, 1.54) is 19.4 Å². The number of aliphatic hydroxyl groups excluding tert-OH is 2. The lowest BCUT2D eigenvalue weighted by molar-refractivity contribution is -0.143. The number of likely N-dealkylation sites (tertiary alicyclic amines) is 1. The molecule has 3 rings (SSSR count). The topological polar surface area (TPSA) is 515 Å². The molecule has 0 saturated carbocycles. The summed E-state index contributed by atoms with van der Waals surface area (Å²) >= 11 is 0. The highest BCUT2D eigenvalue weighted by Crippen LogP contribution is 2.21. The molecule has 1 aliphatic rings. The first-order chi connectivity index (χ1) is 42.4. The lowest BCUT2D eigenvalue weighted by atomic mass is 10.0. The molecule has 500 valence electrons. The molecule has 1 saturated heterocycles. The number of carboxylic acids is 3. The number of unbranched alkanes of at least 4 members (excludes halogenated alkanes) is 1. The first kappa shape index (κ1) is 75.6. The van der Waals surface area contributed by atoms with Crippen LogP contribution in [-0.4, -0.2) is 210 Å². The van der Waals surface area contributed by atoms with Crippen molar-refractivity contribution >= 4 is 77.0 Å². The zero-order chi connectivity index (χ0) is 67.4. The van der Waals surface area contributed by atoms with Crippen LogP contribution in [0.15, 0.2) is 42.9 Å². The maximum absolute atomic E-state index is 14.5. The van der Waals surface area contributed by atoms with Crippen LogP contribution in [0.1, 0.15) is 123 Å². The van der Waals surface area contributed by atoms with Crippen LogP contribution in [0.3, 0.4) is 0 Å². The molecule has 0 aliphatic carbocycles. The van der Waals surface area contributed by atoms with Gasteiger partial charge >= 0.3 is 17.9 Å². The van der Waals surface area contributed by atoms with Gasteiger partial charge in [-0.15, -0.1) is 0 Å². The number of carboxylic acid groups (broad SMARTS) is 3. The molecule has 19 N–H and O–H groups in total. The Kier molecular flexibility index (Phi) is 32.0. The molecule has 90 heavy (non-hydrogen) atoms.